The van der Waals surface area contributed by atoms with Gasteiger partial charge in [-0.1, -0.05) is 0 Å². The molecule has 6 heteroatoms. The van der Waals surface area contributed by atoms with Gasteiger partial charge in [0, 0.05) is 19.6 Å². The third-order valence-corrected chi connectivity index (χ3v) is 4.76. The molecule has 1 aliphatic rings. The number of hydrogen-bond donors (Lipinski definition) is 1. The van der Waals surface area contributed by atoms with Crippen LogP contribution in [0.1, 0.15) is 20.3 Å². The highest BCUT2D eigenvalue weighted by atomic mass is 32.2. The average molecular weight is 248 g/mol. The van der Waals surface area contributed by atoms with E-state index in [1.807, 2.05) is 13.8 Å². The van der Waals surface area contributed by atoms with Crippen LogP contribution in [-0.4, -0.2) is 50.5 Å². The van der Waals surface area contributed by atoms with E-state index in [1.54, 1.807) is 4.90 Å². The Morgan fingerprint density at radius 3 is 2.44 bits per heavy atom. The molecule has 1 saturated heterocycles. The molecule has 0 aromatic rings. The van der Waals surface area contributed by atoms with E-state index in [9.17, 15) is 13.2 Å². The zero-order chi connectivity index (χ0) is 12.2. The molecule has 1 unspecified atom stereocenters. The fraction of sp³-hybridized carbons (Fsp3) is 0.900. The third kappa shape index (κ3) is 3.66. The lowest BCUT2D eigenvalue weighted by Crippen LogP contribution is -2.41. The molecule has 94 valence electrons. The quantitative estimate of drug-likeness (QED) is 0.786. The molecule has 0 aromatic carbocycles. The monoisotopic (exact) mass is 248 g/mol. The van der Waals surface area contributed by atoms with Gasteiger partial charge < -0.3 is 10.2 Å². The van der Waals surface area contributed by atoms with E-state index in [1.165, 1.54) is 0 Å². The Labute approximate surface area is 97.1 Å². The summed E-state index contributed by atoms with van der Waals surface area (Å²) in [6.07, 6.45) is 0.668. The molecule has 0 aliphatic carbocycles. The maximum absolute atomic E-state index is 11.6. The first-order chi connectivity index (χ1) is 7.48. The van der Waals surface area contributed by atoms with Gasteiger partial charge in [-0.15, -0.1) is 0 Å². The fourth-order valence-corrected chi connectivity index (χ4v) is 3.75. The minimum Gasteiger partial charge on any atom is -0.338 e. The van der Waals surface area contributed by atoms with E-state index in [0.29, 0.717) is 26.1 Å². The van der Waals surface area contributed by atoms with Crippen molar-refractivity contribution in [2.24, 2.45) is 5.92 Å². The number of carbonyl (C=O) groups is 1. The Morgan fingerprint density at radius 2 is 2.00 bits per heavy atom. The van der Waals surface area contributed by atoms with Crippen LogP contribution in [0.5, 0.6) is 0 Å². The predicted molar refractivity (Wildman–Crippen MR) is 63.1 cm³/mol. The first-order valence-electron chi connectivity index (χ1n) is 5.71. The SMILES string of the molecule is CCN(CC)C(=O)NCC1CCS(=O)(=O)C1. The molecule has 0 saturated carbocycles. The molecular formula is C10H20N2O3S. The fourth-order valence-electron chi connectivity index (χ4n) is 1.89. The van der Waals surface area contributed by atoms with Crippen molar-refractivity contribution >= 4 is 15.9 Å². The summed E-state index contributed by atoms with van der Waals surface area (Å²) in [5.74, 6) is 0.564. The number of urea groups is 1. The summed E-state index contributed by atoms with van der Waals surface area (Å²) in [6.45, 7) is 5.65. The van der Waals surface area contributed by atoms with Crippen LogP contribution in [-0.2, 0) is 9.84 Å². The minimum absolute atomic E-state index is 0.0875. The Bertz CT molecular complexity index is 336. The molecule has 0 aromatic heterocycles. The van der Waals surface area contributed by atoms with Gasteiger partial charge in [-0.3, -0.25) is 0 Å². The van der Waals surface area contributed by atoms with Crippen molar-refractivity contribution in [2.45, 2.75) is 20.3 Å². The first kappa shape index (κ1) is 13.3. The van der Waals surface area contributed by atoms with Crippen LogP contribution in [0.2, 0.25) is 0 Å². The second-order valence-electron chi connectivity index (χ2n) is 4.13. The molecule has 1 fully saturated rings. The maximum atomic E-state index is 11.6. The van der Waals surface area contributed by atoms with E-state index in [2.05, 4.69) is 5.32 Å². The van der Waals surface area contributed by atoms with Crippen molar-refractivity contribution in [2.75, 3.05) is 31.1 Å². The normalized spacial score (nSPS) is 23.0. The van der Waals surface area contributed by atoms with Crippen molar-refractivity contribution in [1.29, 1.82) is 0 Å². The largest absolute Gasteiger partial charge is 0.338 e. The summed E-state index contributed by atoms with van der Waals surface area (Å²) in [5.41, 5.74) is 0. The molecule has 1 heterocycles. The van der Waals surface area contributed by atoms with Crippen molar-refractivity contribution in [1.82, 2.24) is 10.2 Å². The number of rotatable bonds is 4. The van der Waals surface area contributed by atoms with E-state index in [4.69, 9.17) is 0 Å². The molecule has 1 atom stereocenters. The molecule has 16 heavy (non-hydrogen) atoms. The second-order valence-corrected chi connectivity index (χ2v) is 6.36. The molecule has 1 aliphatic heterocycles. The van der Waals surface area contributed by atoms with Crippen LogP contribution in [0.25, 0.3) is 0 Å². The van der Waals surface area contributed by atoms with Gasteiger partial charge in [-0.05, 0) is 26.2 Å². The number of nitrogens with zero attached hydrogens (tertiary/aromatic N) is 1. The highest BCUT2D eigenvalue weighted by Gasteiger charge is 2.28. The Kier molecular flexibility index (Phi) is 4.58. The third-order valence-electron chi connectivity index (χ3n) is 2.92. The van der Waals surface area contributed by atoms with Crippen LogP contribution in [0.15, 0.2) is 0 Å². The lowest BCUT2D eigenvalue weighted by Gasteiger charge is -2.20. The standard InChI is InChI=1S/C10H20N2O3S/c1-3-12(4-2)10(13)11-7-9-5-6-16(14,15)8-9/h9H,3-8H2,1-2H3,(H,11,13). The summed E-state index contributed by atoms with van der Waals surface area (Å²) >= 11 is 0. The lowest BCUT2D eigenvalue weighted by atomic mass is 10.1. The zero-order valence-electron chi connectivity index (χ0n) is 9.90. The van der Waals surface area contributed by atoms with Gasteiger partial charge in [-0.25, -0.2) is 13.2 Å². The summed E-state index contributed by atoms with van der Waals surface area (Å²) in [6, 6.07) is -0.103. The van der Waals surface area contributed by atoms with Crippen LogP contribution >= 0.6 is 0 Å². The van der Waals surface area contributed by atoms with Crippen molar-refractivity contribution in [3.05, 3.63) is 0 Å². The highest BCUT2D eigenvalue weighted by Crippen LogP contribution is 2.17. The molecular weight excluding hydrogens is 228 g/mol. The zero-order valence-corrected chi connectivity index (χ0v) is 10.7. The maximum Gasteiger partial charge on any atom is 0.317 e. The Balaban J connectivity index is 2.33. The number of hydrogen-bond acceptors (Lipinski definition) is 3. The van der Waals surface area contributed by atoms with Gasteiger partial charge in [0.25, 0.3) is 0 Å². The number of carbonyl (C=O) groups excluding carboxylic acids is 1. The van der Waals surface area contributed by atoms with Crippen molar-refractivity contribution < 1.29 is 13.2 Å². The average Bonchev–Trinajstić information content (AvgIpc) is 2.57. The van der Waals surface area contributed by atoms with Gasteiger partial charge in [0.15, 0.2) is 9.84 Å². The van der Waals surface area contributed by atoms with Crippen molar-refractivity contribution in [3.8, 4) is 0 Å². The Morgan fingerprint density at radius 1 is 1.38 bits per heavy atom. The molecule has 0 bridgehead atoms. The van der Waals surface area contributed by atoms with E-state index >= 15 is 0 Å². The molecule has 2 amide bonds. The molecule has 0 spiro atoms. The molecule has 1 rings (SSSR count). The minimum atomic E-state index is -2.84. The Hall–Kier alpha value is -0.780. The first-order valence-corrected chi connectivity index (χ1v) is 7.53. The van der Waals surface area contributed by atoms with Gasteiger partial charge in [-0.2, -0.15) is 0 Å². The summed E-state index contributed by atoms with van der Waals surface area (Å²) in [5, 5.41) is 2.79. The number of amides is 2. The lowest BCUT2D eigenvalue weighted by molar-refractivity contribution is 0.201. The summed E-state index contributed by atoms with van der Waals surface area (Å²) in [7, 11) is -2.84. The smallest absolute Gasteiger partial charge is 0.317 e. The predicted octanol–water partition coefficient (Wildman–Crippen LogP) is 0.472. The van der Waals surface area contributed by atoms with Gasteiger partial charge in [0.2, 0.25) is 0 Å². The summed E-state index contributed by atoms with van der Waals surface area (Å²) < 4.78 is 22.4. The topological polar surface area (TPSA) is 66.5 Å². The van der Waals surface area contributed by atoms with E-state index < -0.39 is 9.84 Å². The highest BCUT2D eigenvalue weighted by molar-refractivity contribution is 7.91. The van der Waals surface area contributed by atoms with Crippen LogP contribution < -0.4 is 5.32 Å². The van der Waals surface area contributed by atoms with Crippen LogP contribution in [0.3, 0.4) is 0 Å². The summed E-state index contributed by atoms with van der Waals surface area (Å²) in [4.78, 5) is 13.3. The van der Waals surface area contributed by atoms with Gasteiger partial charge in [0.05, 0.1) is 11.5 Å². The number of sulfone groups is 1. The molecule has 5 nitrogen and oxygen atoms in total. The molecule has 0 radical (unpaired) electrons. The van der Waals surface area contributed by atoms with Gasteiger partial charge >= 0.3 is 6.03 Å². The van der Waals surface area contributed by atoms with Gasteiger partial charge in [0.1, 0.15) is 0 Å². The second kappa shape index (κ2) is 5.52. The van der Waals surface area contributed by atoms with Crippen LogP contribution in [0.4, 0.5) is 4.79 Å². The molecule has 1 N–H and O–H groups in total. The van der Waals surface area contributed by atoms with Crippen LogP contribution in [0, 0.1) is 5.92 Å². The number of nitrogens with one attached hydrogen (secondary N) is 1. The van der Waals surface area contributed by atoms with E-state index in [-0.39, 0.29) is 23.5 Å². The van der Waals surface area contributed by atoms with Crippen molar-refractivity contribution in [3.63, 3.8) is 0 Å². The van der Waals surface area contributed by atoms with E-state index in [0.717, 1.165) is 0 Å².